The van der Waals surface area contributed by atoms with Gasteiger partial charge in [-0.15, -0.1) is 0 Å². The van der Waals surface area contributed by atoms with Gasteiger partial charge >= 0.3 is 0 Å². The lowest BCUT2D eigenvalue weighted by atomic mass is 9.95. The molecule has 22 aliphatic rings. The van der Waals surface area contributed by atoms with Gasteiger partial charge in [-0.25, -0.2) is 0 Å². The van der Waals surface area contributed by atoms with Gasteiger partial charge in [0, 0.05) is 6.42 Å². The van der Waals surface area contributed by atoms with Crippen LogP contribution in [0.3, 0.4) is 0 Å². The fourth-order valence-corrected chi connectivity index (χ4v) is 8.89. The molecule has 0 radical (unpaired) electrons. The van der Waals surface area contributed by atoms with E-state index in [9.17, 15) is 86.8 Å². The maximum atomic E-state index is 11.2. The van der Waals surface area contributed by atoms with Gasteiger partial charge < -0.3 is 144 Å². The van der Waals surface area contributed by atoms with Gasteiger partial charge in [0.1, 0.15) is 134 Å². The highest BCUT2D eigenvalue weighted by Crippen LogP contribution is 2.38. The molecule has 0 aliphatic carbocycles. The molecule has 22 aliphatic heterocycles. The fraction of sp³-hybridized carbons (Fsp3) is 1.00. The molecule has 22 fully saturated rings. The van der Waals surface area contributed by atoms with Crippen molar-refractivity contribution in [2.75, 3.05) is 39.6 Å². The molecule has 65 heavy (non-hydrogen) atoms. The first kappa shape index (κ1) is 51.7. The van der Waals surface area contributed by atoms with E-state index in [4.69, 9.17) is 56.8 Å². The summed E-state index contributed by atoms with van der Waals surface area (Å²) in [4.78, 5) is 0. The molecule has 22 saturated heterocycles. The molecular weight excluding hydrogens is 896 g/mol. The molecule has 17 N–H and O–H groups in total. The molecule has 29 nitrogen and oxygen atoms in total. The van der Waals surface area contributed by atoms with E-state index in [0.717, 1.165) is 0 Å². The molecule has 29 heteroatoms. The summed E-state index contributed by atoms with van der Waals surface area (Å²) in [5.41, 5.74) is 0. The second kappa shape index (κ2) is 21.9. The van der Waals surface area contributed by atoms with Gasteiger partial charge in [0.05, 0.1) is 45.7 Å². The van der Waals surface area contributed by atoms with Crippen LogP contribution in [0.4, 0.5) is 0 Å². The molecule has 0 amide bonds. The number of aliphatic hydroxyl groups is 17. The third-order valence-electron chi connectivity index (χ3n) is 12.6. The number of hydrogen-bond donors (Lipinski definition) is 17. The summed E-state index contributed by atoms with van der Waals surface area (Å²) in [6, 6.07) is 0. The Morgan fingerprint density at radius 2 is 0.462 bits per heavy atom. The van der Waals surface area contributed by atoms with Gasteiger partial charge in [-0.05, 0) is 0 Å². The summed E-state index contributed by atoms with van der Waals surface area (Å²) in [7, 11) is 0. The van der Waals surface area contributed by atoms with E-state index in [0.29, 0.717) is 0 Å². The van der Waals surface area contributed by atoms with E-state index < -0.39 is 224 Å². The summed E-state index contributed by atoms with van der Waals surface area (Å²) in [5.74, 6) is 0. The lowest BCUT2D eigenvalue weighted by Crippen LogP contribution is -2.68. The molecule has 0 aromatic carbocycles. The van der Waals surface area contributed by atoms with Gasteiger partial charge in [0.25, 0.3) is 0 Å². The van der Waals surface area contributed by atoms with Crippen molar-refractivity contribution in [1.29, 1.82) is 0 Å². The number of ether oxygens (including phenoxy) is 12. The van der Waals surface area contributed by atoms with Crippen LogP contribution in [0.1, 0.15) is 6.42 Å². The van der Waals surface area contributed by atoms with E-state index in [1.165, 1.54) is 0 Å². The average Bonchev–Trinajstić information content (AvgIpc) is 3.30. The smallest absolute Gasteiger partial charge is 0.187 e. The van der Waals surface area contributed by atoms with Crippen molar-refractivity contribution in [3.05, 3.63) is 0 Å². The zero-order valence-electron chi connectivity index (χ0n) is 34.2. The van der Waals surface area contributed by atoms with E-state index in [-0.39, 0.29) is 0 Å². The highest BCUT2D eigenvalue weighted by Gasteiger charge is 2.57. The molecule has 0 aromatic heterocycles. The minimum absolute atomic E-state index is 0.450. The van der Waals surface area contributed by atoms with Crippen LogP contribution in [0.5, 0.6) is 0 Å². The molecule has 378 valence electrons. The van der Waals surface area contributed by atoms with Gasteiger partial charge in [0.2, 0.25) is 0 Å². The summed E-state index contributed by atoms with van der Waals surface area (Å²) in [6.07, 6.45) is -53.9. The first-order chi connectivity index (χ1) is 31.0. The minimum Gasteiger partial charge on any atom is -0.394 e. The monoisotopic (exact) mass is 956 g/mol. The van der Waals surface area contributed by atoms with E-state index in [2.05, 4.69) is 0 Å². The molecule has 12 bridgehead atoms. The minimum atomic E-state index is -2.13. The van der Waals surface area contributed by atoms with Crippen LogP contribution in [0.2, 0.25) is 0 Å². The molecule has 29 atom stereocenters. The number of aliphatic hydroxyl groups excluding tert-OH is 17. The Morgan fingerprint density at radius 1 is 0.246 bits per heavy atom. The average molecular weight is 957 g/mol. The van der Waals surface area contributed by atoms with Crippen LogP contribution >= 0.6 is 0 Å². The maximum Gasteiger partial charge on any atom is 0.187 e. The predicted octanol–water partition coefficient (Wildman–Crippen LogP) is -12.0. The van der Waals surface area contributed by atoms with Crippen LogP contribution in [0, 0.1) is 0 Å². The van der Waals surface area contributed by atoms with Crippen molar-refractivity contribution in [3.63, 3.8) is 0 Å². The zero-order valence-corrected chi connectivity index (χ0v) is 34.2. The summed E-state index contributed by atoms with van der Waals surface area (Å²) >= 11 is 0. The van der Waals surface area contributed by atoms with Crippen molar-refractivity contribution >= 4 is 0 Å². The number of rotatable bonds is 6. The summed E-state index contributed by atoms with van der Waals surface area (Å²) < 4.78 is 68.4. The molecule has 22 heterocycles. The first-order valence-corrected chi connectivity index (χ1v) is 21.0. The van der Waals surface area contributed by atoms with E-state index in [1.807, 2.05) is 0 Å². The van der Waals surface area contributed by atoms with Gasteiger partial charge in [0.15, 0.2) is 37.7 Å². The molecule has 0 spiro atoms. The van der Waals surface area contributed by atoms with Crippen molar-refractivity contribution < 1.29 is 144 Å². The van der Waals surface area contributed by atoms with Crippen molar-refractivity contribution in [2.24, 2.45) is 0 Å². The largest absolute Gasteiger partial charge is 0.394 e. The Morgan fingerprint density at radius 3 is 0.708 bits per heavy atom. The Kier molecular flexibility index (Phi) is 17.4. The quantitative estimate of drug-likeness (QED) is 0.118. The third-order valence-corrected chi connectivity index (χ3v) is 12.6. The Labute approximate surface area is 367 Å². The van der Waals surface area contributed by atoms with Gasteiger partial charge in [-0.3, -0.25) is 0 Å². The Balaban J connectivity index is 1.18. The van der Waals surface area contributed by atoms with Crippen LogP contribution in [0.15, 0.2) is 0 Å². The van der Waals surface area contributed by atoms with Crippen LogP contribution in [-0.4, -0.2) is 305 Å². The molecule has 22 rings (SSSR count). The standard InChI is InChI=1S/C36H60O29/c37-2-10-9-1-8(43)31(55-10)61-26-11(3-38)57-33(22(50)17(26)45)63-28-13(5-40)59-35(24(52)19(28)47)65-30-15(7-42)60-36(25(53)20(30)48)64-29-14(6-41)58-34(23(51)18(29)46)62-27-12(4-39)56-32(54-9)21(49)16(27)44/h8-53H,1-7H2/t8?,9-,10?,11?,12?,13?,14?,15?,16+,17+,18+,19+,20+,21?,22?,23?,24?,25?,26+,27+,28?,29+,30+,31+,32-,33+,34+,35+,36+/m0/s1. The Bertz CT molecular complexity index is 1480. The summed E-state index contributed by atoms with van der Waals surface area (Å²) in [5, 5.41) is 184. The van der Waals surface area contributed by atoms with Crippen LogP contribution in [0.25, 0.3) is 0 Å². The third kappa shape index (κ3) is 10.2. The fourth-order valence-electron chi connectivity index (χ4n) is 8.89. The maximum absolute atomic E-state index is 11.2. The van der Waals surface area contributed by atoms with Gasteiger partial charge in [-0.1, -0.05) is 0 Å². The lowest BCUT2D eigenvalue weighted by molar-refractivity contribution is -0.400. The lowest BCUT2D eigenvalue weighted by Gasteiger charge is -2.50. The van der Waals surface area contributed by atoms with E-state index in [1.54, 1.807) is 0 Å². The highest BCUT2D eigenvalue weighted by molar-refractivity contribution is 5.00. The van der Waals surface area contributed by atoms with Crippen molar-refractivity contribution in [1.82, 2.24) is 0 Å². The van der Waals surface area contributed by atoms with Crippen molar-refractivity contribution in [3.8, 4) is 0 Å². The topological polar surface area (TPSA) is 455 Å². The number of hydrogen-bond acceptors (Lipinski definition) is 29. The van der Waals surface area contributed by atoms with E-state index >= 15 is 0 Å². The van der Waals surface area contributed by atoms with Gasteiger partial charge in [-0.2, -0.15) is 0 Å². The van der Waals surface area contributed by atoms with Crippen molar-refractivity contribution in [2.45, 2.75) is 185 Å². The van der Waals surface area contributed by atoms with Crippen LogP contribution in [-0.2, 0) is 56.8 Å². The normalized spacial score (nSPS) is 54.9. The SMILES string of the molecule is OCC1O[C@@H]2O[C@@H]3C(CO)O[C@H](O[C@@H]4C(CO)O[C@H](O[C@@H]5C(CO)O[C@H](O[C@H]6CC(O)[C@H](OC6CO)O[C@@H]6C(CO)O[C@H](OC1[C@H](O)C2O)C(O)[C@H]6O)C(O)[C@H]5O)C(O)[C@H]4O)C(O)[C@H]3O. The second-order valence-corrected chi connectivity index (χ2v) is 16.7. The molecular formula is C36H60O29. The molecule has 0 aromatic rings. The zero-order chi connectivity index (χ0) is 47.2. The molecule has 13 unspecified atom stereocenters. The Hall–Kier alpha value is -1.16. The summed E-state index contributed by atoms with van der Waals surface area (Å²) in [6.45, 7) is -5.63. The van der Waals surface area contributed by atoms with Crippen LogP contribution < -0.4 is 0 Å². The molecule has 0 saturated carbocycles. The highest BCUT2D eigenvalue weighted by atomic mass is 16.8. The second-order valence-electron chi connectivity index (χ2n) is 16.7. The predicted molar refractivity (Wildman–Crippen MR) is 194 cm³/mol. The first-order valence-electron chi connectivity index (χ1n) is 21.0.